The van der Waals surface area contributed by atoms with Crippen LogP contribution in [0.5, 0.6) is 5.75 Å². The second kappa shape index (κ2) is 15.6. The Morgan fingerprint density at radius 3 is 2.15 bits per heavy atom. The van der Waals surface area contributed by atoms with Gasteiger partial charge >= 0.3 is 5.97 Å². The predicted molar refractivity (Wildman–Crippen MR) is 143 cm³/mol. The molecule has 0 saturated heterocycles. The summed E-state index contributed by atoms with van der Waals surface area (Å²) in [4.78, 5) is 60.8. The maximum Gasteiger partial charge on any atom is 0.326 e. The summed E-state index contributed by atoms with van der Waals surface area (Å²) in [6, 6.07) is 0.683. The van der Waals surface area contributed by atoms with E-state index in [2.05, 4.69) is 30.9 Å². The lowest BCUT2D eigenvalue weighted by Crippen LogP contribution is -2.58. The number of nitrogens with two attached hydrogens (primary N) is 3. The Kier molecular flexibility index (Phi) is 12.3. The largest absolute Gasteiger partial charge is 0.508 e. The van der Waals surface area contributed by atoms with Gasteiger partial charge < -0.3 is 53.5 Å². The number of rotatable bonds is 16. The van der Waals surface area contributed by atoms with Crippen molar-refractivity contribution in [1.29, 1.82) is 0 Å². The van der Waals surface area contributed by atoms with E-state index in [0.29, 0.717) is 17.7 Å². The molecule has 0 saturated carbocycles. The topological polar surface area (TPSA) is 284 Å². The van der Waals surface area contributed by atoms with Gasteiger partial charge in [0.25, 0.3) is 0 Å². The zero-order chi connectivity index (χ0) is 29.7. The van der Waals surface area contributed by atoms with E-state index in [0.717, 1.165) is 0 Å². The normalized spacial score (nSPS) is 13.8. The molecular formula is C24H35N9O7. The Balaban J connectivity index is 2.12. The average Bonchev–Trinajstić information content (AvgIpc) is 3.42. The first kappa shape index (κ1) is 31.5. The number of nitrogens with zero attached hydrogens (tertiary/aromatic N) is 2. The van der Waals surface area contributed by atoms with Gasteiger partial charge in [0.15, 0.2) is 5.96 Å². The lowest BCUT2D eigenvalue weighted by molar-refractivity contribution is -0.142. The quantitative estimate of drug-likeness (QED) is 0.0553. The highest BCUT2D eigenvalue weighted by Crippen LogP contribution is 2.12. The summed E-state index contributed by atoms with van der Waals surface area (Å²) in [5.41, 5.74) is 17.3. The molecule has 40 heavy (non-hydrogen) atoms. The number of imidazole rings is 1. The summed E-state index contributed by atoms with van der Waals surface area (Å²) >= 11 is 0. The smallest absolute Gasteiger partial charge is 0.326 e. The van der Waals surface area contributed by atoms with Crippen LogP contribution < -0.4 is 33.2 Å². The molecule has 1 aromatic heterocycles. The number of aromatic amines is 1. The molecule has 13 N–H and O–H groups in total. The number of aromatic hydroxyl groups is 1. The van der Waals surface area contributed by atoms with Gasteiger partial charge in [-0.3, -0.25) is 19.4 Å². The van der Waals surface area contributed by atoms with Crippen LogP contribution in [0.3, 0.4) is 0 Å². The molecule has 0 bridgehead atoms. The van der Waals surface area contributed by atoms with Crippen LogP contribution in [-0.4, -0.2) is 92.3 Å². The molecule has 4 atom stereocenters. The number of nitrogens with one attached hydrogen (secondary N) is 4. The number of aliphatic carboxylic acids is 1. The van der Waals surface area contributed by atoms with Crippen LogP contribution in [-0.2, 0) is 32.0 Å². The van der Waals surface area contributed by atoms with Crippen molar-refractivity contribution in [3.8, 4) is 5.75 Å². The van der Waals surface area contributed by atoms with Crippen molar-refractivity contribution in [2.24, 2.45) is 22.2 Å². The lowest BCUT2D eigenvalue weighted by atomic mass is 10.0. The van der Waals surface area contributed by atoms with Gasteiger partial charge in [-0.1, -0.05) is 12.1 Å². The molecule has 218 valence electrons. The Labute approximate surface area is 229 Å². The minimum Gasteiger partial charge on any atom is -0.508 e. The zero-order valence-corrected chi connectivity index (χ0v) is 21.6. The zero-order valence-electron chi connectivity index (χ0n) is 21.6. The number of hydrogen-bond donors (Lipinski definition) is 10. The Morgan fingerprint density at radius 1 is 0.950 bits per heavy atom. The van der Waals surface area contributed by atoms with Crippen molar-refractivity contribution in [1.82, 2.24) is 25.9 Å². The number of amides is 3. The number of H-pyrrole nitrogens is 1. The van der Waals surface area contributed by atoms with Gasteiger partial charge in [0.05, 0.1) is 19.0 Å². The first-order chi connectivity index (χ1) is 19.0. The molecule has 0 radical (unpaired) electrons. The van der Waals surface area contributed by atoms with Crippen molar-refractivity contribution in [2.75, 3.05) is 13.2 Å². The third-order valence-corrected chi connectivity index (χ3v) is 5.72. The molecule has 2 rings (SSSR count). The van der Waals surface area contributed by atoms with Crippen LogP contribution in [0.15, 0.2) is 41.8 Å². The van der Waals surface area contributed by atoms with Gasteiger partial charge in [0.2, 0.25) is 17.7 Å². The SMILES string of the molecule is NC(N)=NCCCC(N)C(=O)NC(CO)C(=O)NC(Cc1ccc(O)cc1)C(=O)NC(Cc1cnc[nH]1)C(=O)O. The van der Waals surface area contributed by atoms with E-state index in [4.69, 9.17) is 17.2 Å². The van der Waals surface area contributed by atoms with E-state index in [-0.39, 0.29) is 37.5 Å². The fourth-order valence-corrected chi connectivity index (χ4v) is 3.56. The second-order valence-corrected chi connectivity index (χ2v) is 8.91. The van der Waals surface area contributed by atoms with Crippen LogP contribution in [0.4, 0.5) is 0 Å². The maximum atomic E-state index is 13.2. The first-order valence-electron chi connectivity index (χ1n) is 12.3. The van der Waals surface area contributed by atoms with E-state index >= 15 is 0 Å². The summed E-state index contributed by atoms with van der Waals surface area (Å²) in [5.74, 6) is -3.87. The number of hydrogen-bond acceptors (Lipinski definition) is 9. The lowest BCUT2D eigenvalue weighted by Gasteiger charge is -2.24. The standard InChI is InChI=1S/C24H35N9O7/c25-16(2-1-7-29-24(26)27)20(36)33-19(11-34)22(38)31-17(8-13-3-5-15(35)6-4-13)21(37)32-18(23(39)40)9-14-10-28-12-30-14/h3-6,10,12,16-19,34-35H,1-2,7-9,11,25H2,(H,28,30)(H,31,38)(H,32,37)(H,33,36)(H,39,40)(H4,26,27,29). The Hall–Kier alpha value is -4.70. The van der Waals surface area contributed by atoms with E-state index < -0.39 is 54.5 Å². The third kappa shape index (κ3) is 10.6. The number of aliphatic hydroxyl groups is 1. The molecule has 2 aromatic rings. The number of carbonyl (C=O) groups excluding carboxylic acids is 3. The molecule has 0 aliphatic heterocycles. The van der Waals surface area contributed by atoms with Gasteiger partial charge in [-0.25, -0.2) is 9.78 Å². The van der Waals surface area contributed by atoms with Gasteiger partial charge in [-0.05, 0) is 30.5 Å². The minimum atomic E-state index is -1.45. The monoisotopic (exact) mass is 561 g/mol. The second-order valence-electron chi connectivity index (χ2n) is 8.91. The predicted octanol–water partition coefficient (Wildman–Crippen LogP) is -3.19. The van der Waals surface area contributed by atoms with Crippen molar-refractivity contribution < 1.29 is 34.5 Å². The van der Waals surface area contributed by atoms with Gasteiger partial charge in [-0.2, -0.15) is 0 Å². The van der Waals surface area contributed by atoms with Crippen molar-refractivity contribution >= 4 is 29.7 Å². The van der Waals surface area contributed by atoms with Crippen LogP contribution >= 0.6 is 0 Å². The third-order valence-electron chi connectivity index (χ3n) is 5.72. The fraction of sp³-hybridized carbons (Fsp3) is 0.417. The minimum absolute atomic E-state index is 0.0167. The first-order valence-corrected chi connectivity index (χ1v) is 12.3. The molecular weight excluding hydrogens is 526 g/mol. The number of aliphatic hydroxyl groups excluding tert-OH is 1. The number of phenolic OH excluding ortho intramolecular Hbond substituents is 1. The molecule has 0 aliphatic carbocycles. The number of aromatic nitrogens is 2. The number of carboxylic acids is 1. The van der Waals surface area contributed by atoms with E-state index in [9.17, 15) is 34.5 Å². The highest BCUT2D eigenvalue weighted by molar-refractivity contribution is 5.94. The van der Waals surface area contributed by atoms with Crippen LogP contribution in [0.1, 0.15) is 24.1 Å². The van der Waals surface area contributed by atoms with E-state index in [1.54, 1.807) is 0 Å². The summed E-state index contributed by atoms with van der Waals surface area (Å²) in [5, 5.41) is 36.1. The van der Waals surface area contributed by atoms with Gasteiger partial charge in [0.1, 0.15) is 23.9 Å². The van der Waals surface area contributed by atoms with Crippen LogP contribution in [0, 0.1) is 0 Å². The number of aliphatic imine (C=N–C) groups is 1. The number of carboxylic acid groups (broad SMARTS) is 1. The van der Waals surface area contributed by atoms with Gasteiger partial charge in [-0.15, -0.1) is 0 Å². The molecule has 16 heteroatoms. The van der Waals surface area contributed by atoms with Crippen molar-refractivity contribution in [3.05, 3.63) is 48.0 Å². The van der Waals surface area contributed by atoms with Crippen molar-refractivity contribution in [2.45, 2.75) is 49.9 Å². The number of benzene rings is 1. The summed E-state index contributed by atoms with van der Waals surface area (Å²) < 4.78 is 0. The number of guanidine groups is 1. The Morgan fingerprint density at radius 2 is 1.57 bits per heavy atom. The molecule has 0 aliphatic rings. The molecule has 16 nitrogen and oxygen atoms in total. The molecule has 4 unspecified atom stereocenters. The average molecular weight is 562 g/mol. The molecule has 1 heterocycles. The fourth-order valence-electron chi connectivity index (χ4n) is 3.56. The summed E-state index contributed by atoms with van der Waals surface area (Å²) in [7, 11) is 0. The van der Waals surface area contributed by atoms with Gasteiger partial charge in [0, 0.05) is 31.3 Å². The molecule has 0 fully saturated rings. The Bertz CT molecular complexity index is 1150. The van der Waals surface area contributed by atoms with E-state index in [1.165, 1.54) is 36.8 Å². The number of carbonyl (C=O) groups is 4. The van der Waals surface area contributed by atoms with Crippen LogP contribution in [0.25, 0.3) is 0 Å². The van der Waals surface area contributed by atoms with Crippen LogP contribution in [0.2, 0.25) is 0 Å². The highest BCUT2D eigenvalue weighted by Gasteiger charge is 2.30. The van der Waals surface area contributed by atoms with E-state index in [1.807, 2.05) is 0 Å². The molecule has 1 aromatic carbocycles. The molecule has 3 amide bonds. The summed E-state index contributed by atoms with van der Waals surface area (Å²) in [6.07, 6.45) is 3.17. The molecule has 0 spiro atoms. The van der Waals surface area contributed by atoms with Crippen molar-refractivity contribution in [3.63, 3.8) is 0 Å². The summed E-state index contributed by atoms with van der Waals surface area (Å²) in [6.45, 7) is -0.553. The maximum absolute atomic E-state index is 13.2. The number of phenols is 1. The highest BCUT2D eigenvalue weighted by atomic mass is 16.4.